The topological polar surface area (TPSA) is 79.8 Å². The molecule has 1 aliphatic heterocycles. The second-order valence-corrected chi connectivity index (χ2v) is 6.22. The Hall–Kier alpha value is -1.85. The minimum atomic E-state index is -0.628. The smallest absolute Gasteiger partial charge is 0.414 e. The first-order valence-electron chi connectivity index (χ1n) is 7.20. The molecule has 0 bridgehead atoms. The average molecular weight is 295 g/mol. The fourth-order valence-corrected chi connectivity index (χ4v) is 2.14. The lowest BCUT2D eigenvalue weighted by Gasteiger charge is -2.32. The van der Waals surface area contributed by atoms with Crippen LogP contribution in [0.4, 0.5) is 4.79 Å². The van der Waals surface area contributed by atoms with E-state index in [4.69, 9.17) is 4.74 Å². The molecule has 1 unspecified atom stereocenters. The second kappa shape index (κ2) is 6.74. The Kier molecular flexibility index (Phi) is 5.52. The van der Waals surface area contributed by atoms with E-state index in [1.807, 2.05) is 6.92 Å². The van der Waals surface area contributed by atoms with Crippen LogP contribution in [0.3, 0.4) is 0 Å². The fraction of sp³-hybridized carbons (Fsp3) is 0.667. The Morgan fingerprint density at radius 2 is 2.24 bits per heavy atom. The van der Waals surface area contributed by atoms with E-state index in [0.717, 1.165) is 12.8 Å². The summed E-state index contributed by atoms with van der Waals surface area (Å²) in [5.74, 6) is 0.00776. The van der Waals surface area contributed by atoms with E-state index in [1.165, 1.54) is 0 Å². The molecule has 6 nitrogen and oxygen atoms in total. The van der Waals surface area contributed by atoms with Gasteiger partial charge in [0.15, 0.2) is 0 Å². The molecule has 2 N–H and O–H groups in total. The van der Waals surface area contributed by atoms with Gasteiger partial charge in [0.25, 0.3) is 0 Å². The van der Waals surface area contributed by atoms with Crippen LogP contribution >= 0.6 is 0 Å². The molecule has 0 aliphatic carbocycles. The molecule has 0 radical (unpaired) electrons. The van der Waals surface area contributed by atoms with Crippen molar-refractivity contribution in [3.8, 4) is 0 Å². The monoisotopic (exact) mass is 295 g/mol. The quantitative estimate of drug-likeness (QED) is 0.782. The summed E-state index contributed by atoms with van der Waals surface area (Å²) in [4.78, 5) is 28.1. The number of alkyl carbamates (subject to hydrolysis) is 1. The average Bonchev–Trinajstić information content (AvgIpc) is 2.33. The Labute approximate surface area is 126 Å². The van der Waals surface area contributed by atoms with E-state index >= 15 is 0 Å². The Balaban J connectivity index is 2.84. The number of allylic oxidation sites excluding steroid dienone is 1. The predicted molar refractivity (Wildman–Crippen MR) is 82.0 cm³/mol. The third-order valence-electron chi connectivity index (χ3n) is 3.19. The molecule has 0 spiro atoms. The highest BCUT2D eigenvalue weighted by Crippen LogP contribution is 2.29. The van der Waals surface area contributed by atoms with E-state index in [9.17, 15) is 9.59 Å². The molecular formula is C15H25N3O3. The van der Waals surface area contributed by atoms with E-state index in [-0.39, 0.29) is 11.9 Å². The predicted octanol–water partition coefficient (Wildman–Crippen LogP) is 2.50. The highest BCUT2D eigenvalue weighted by atomic mass is 16.6. The molecule has 0 fully saturated rings. The van der Waals surface area contributed by atoms with Crippen LogP contribution in [0.25, 0.3) is 0 Å². The van der Waals surface area contributed by atoms with Crippen molar-refractivity contribution in [2.24, 2.45) is 4.99 Å². The van der Waals surface area contributed by atoms with Crippen LogP contribution in [0.1, 0.15) is 53.4 Å². The summed E-state index contributed by atoms with van der Waals surface area (Å²) in [5, 5.41) is 5.07. The van der Waals surface area contributed by atoms with Crippen molar-refractivity contribution in [2.75, 3.05) is 0 Å². The molecule has 0 saturated heterocycles. The van der Waals surface area contributed by atoms with Crippen molar-refractivity contribution in [3.63, 3.8) is 0 Å². The van der Waals surface area contributed by atoms with Gasteiger partial charge in [-0.25, -0.2) is 9.79 Å². The van der Waals surface area contributed by atoms with Crippen molar-refractivity contribution >= 4 is 18.0 Å². The van der Waals surface area contributed by atoms with Gasteiger partial charge in [0, 0.05) is 0 Å². The summed E-state index contributed by atoms with van der Waals surface area (Å²) in [5.41, 5.74) is -1.09. The van der Waals surface area contributed by atoms with Gasteiger partial charge in [-0.3, -0.25) is 15.4 Å². The number of aliphatic imine (C=N–C) groups is 1. The van der Waals surface area contributed by atoms with Gasteiger partial charge in [0.2, 0.25) is 11.9 Å². The highest BCUT2D eigenvalue weighted by molar-refractivity contribution is 6.05. The first-order valence-corrected chi connectivity index (χ1v) is 7.20. The summed E-state index contributed by atoms with van der Waals surface area (Å²) in [6.07, 6.45) is 3.70. The maximum atomic E-state index is 11.9. The van der Waals surface area contributed by atoms with Gasteiger partial charge in [-0.15, -0.1) is 6.58 Å². The number of hydrogen-bond acceptors (Lipinski definition) is 4. The summed E-state index contributed by atoms with van der Waals surface area (Å²) in [6.45, 7) is 11.0. The first-order chi connectivity index (χ1) is 9.69. The minimum absolute atomic E-state index is 0.151. The maximum Gasteiger partial charge on any atom is 0.414 e. The molecule has 2 amide bonds. The molecule has 6 heteroatoms. The van der Waals surface area contributed by atoms with Gasteiger partial charge >= 0.3 is 6.09 Å². The standard InChI is InChI=1S/C15H25N3O3/c1-6-8-9-15(7-2)10-11(19)16-12(18-15)17-13(20)21-14(3,4)5/h6H,1,7-10H2,2-5H3,(H2,16,17,18,19,20). The van der Waals surface area contributed by atoms with Crippen LogP contribution in [-0.2, 0) is 9.53 Å². The lowest BCUT2D eigenvalue weighted by Crippen LogP contribution is -2.52. The van der Waals surface area contributed by atoms with Crippen LogP contribution in [-0.4, -0.2) is 29.1 Å². The van der Waals surface area contributed by atoms with Crippen molar-refractivity contribution in [1.82, 2.24) is 10.6 Å². The van der Waals surface area contributed by atoms with E-state index in [2.05, 4.69) is 22.2 Å². The van der Waals surface area contributed by atoms with Gasteiger partial charge in [-0.05, 0) is 40.0 Å². The van der Waals surface area contributed by atoms with Crippen LogP contribution in [0.2, 0.25) is 0 Å². The highest BCUT2D eigenvalue weighted by Gasteiger charge is 2.35. The summed E-state index contributed by atoms with van der Waals surface area (Å²) >= 11 is 0. The van der Waals surface area contributed by atoms with Crippen molar-refractivity contribution in [3.05, 3.63) is 12.7 Å². The van der Waals surface area contributed by atoms with Gasteiger partial charge < -0.3 is 4.74 Å². The normalized spacial score (nSPS) is 22.1. The van der Waals surface area contributed by atoms with E-state index in [1.54, 1.807) is 26.8 Å². The lowest BCUT2D eigenvalue weighted by atomic mass is 9.86. The SMILES string of the molecule is C=CCCC1(CC)CC(=O)NC(NC(=O)OC(C)(C)C)=N1. The summed E-state index contributed by atoms with van der Waals surface area (Å²) < 4.78 is 5.16. The number of nitrogens with zero attached hydrogens (tertiary/aromatic N) is 1. The van der Waals surface area contributed by atoms with Crippen molar-refractivity contribution in [1.29, 1.82) is 0 Å². The summed E-state index contributed by atoms with van der Waals surface area (Å²) in [7, 11) is 0. The number of ether oxygens (including phenoxy) is 1. The Bertz CT molecular complexity index is 452. The maximum absolute atomic E-state index is 11.9. The lowest BCUT2D eigenvalue weighted by molar-refractivity contribution is -0.121. The molecule has 1 atom stereocenters. The summed E-state index contributed by atoms with van der Waals surface area (Å²) in [6, 6.07) is 0. The van der Waals surface area contributed by atoms with Crippen LogP contribution in [0.15, 0.2) is 17.6 Å². The zero-order chi connectivity index (χ0) is 16.1. The van der Waals surface area contributed by atoms with Crippen molar-refractivity contribution < 1.29 is 14.3 Å². The second-order valence-electron chi connectivity index (χ2n) is 6.22. The molecule has 0 saturated carbocycles. The molecular weight excluding hydrogens is 270 g/mol. The van der Waals surface area contributed by atoms with E-state index in [0.29, 0.717) is 12.8 Å². The number of carbonyl (C=O) groups excluding carboxylic acids is 2. The van der Waals surface area contributed by atoms with Gasteiger partial charge in [0.05, 0.1) is 12.0 Å². The number of guanidine groups is 1. The van der Waals surface area contributed by atoms with Gasteiger partial charge in [-0.2, -0.15) is 0 Å². The first kappa shape index (κ1) is 17.2. The molecule has 0 aromatic rings. The Morgan fingerprint density at radius 1 is 1.57 bits per heavy atom. The molecule has 1 heterocycles. The number of hydrogen-bond donors (Lipinski definition) is 2. The van der Waals surface area contributed by atoms with Gasteiger partial charge in [0.1, 0.15) is 5.60 Å². The number of nitrogens with one attached hydrogen (secondary N) is 2. The third-order valence-corrected chi connectivity index (χ3v) is 3.19. The van der Waals surface area contributed by atoms with Gasteiger partial charge in [-0.1, -0.05) is 13.0 Å². The number of rotatable bonds is 4. The van der Waals surface area contributed by atoms with Crippen LogP contribution in [0.5, 0.6) is 0 Å². The molecule has 21 heavy (non-hydrogen) atoms. The zero-order valence-electron chi connectivity index (χ0n) is 13.3. The van der Waals surface area contributed by atoms with Crippen LogP contribution in [0, 0.1) is 0 Å². The Morgan fingerprint density at radius 3 is 2.76 bits per heavy atom. The molecule has 0 aromatic carbocycles. The van der Waals surface area contributed by atoms with E-state index < -0.39 is 17.2 Å². The zero-order valence-corrected chi connectivity index (χ0v) is 13.3. The molecule has 1 rings (SSSR count). The molecule has 1 aliphatic rings. The molecule has 118 valence electrons. The minimum Gasteiger partial charge on any atom is -0.444 e. The van der Waals surface area contributed by atoms with Crippen molar-refractivity contribution in [2.45, 2.75) is 64.5 Å². The van der Waals surface area contributed by atoms with Crippen LogP contribution < -0.4 is 10.6 Å². The largest absolute Gasteiger partial charge is 0.444 e. The number of amides is 2. The molecule has 0 aromatic heterocycles. The number of carbonyl (C=O) groups is 2. The fourth-order valence-electron chi connectivity index (χ4n) is 2.14. The third kappa shape index (κ3) is 5.57.